The number of nitro benzene ring substituents is 1. The average molecular weight is 403 g/mol. The number of nitrogens with one attached hydrogen (secondary N) is 1. The lowest BCUT2D eigenvalue weighted by Gasteiger charge is -2.28. The quantitative estimate of drug-likeness (QED) is 0.451. The van der Waals surface area contributed by atoms with Crippen molar-refractivity contribution in [3.63, 3.8) is 0 Å². The van der Waals surface area contributed by atoms with Crippen LogP contribution in [0, 0.1) is 16.0 Å². The summed E-state index contributed by atoms with van der Waals surface area (Å²) in [5.41, 5.74) is 0.556. The van der Waals surface area contributed by atoms with Gasteiger partial charge in [-0.25, -0.2) is 8.42 Å². The molecule has 2 aromatic carbocycles. The van der Waals surface area contributed by atoms with Crippen molar-refractivity contribution in [1.82, 2.24) is 4.90 Å². The predicted octanol–water partition coefficient (Wildman–Crippen LogP) is 2.92. The van der Waals surface area contributed by atoms with E-state index in [1.54, 1.807) is 18.2 Å². The molecular weight excluding hydrogens is 382 g/mol. The molecule has 28 heavy (non-hydrogen) atoms. The zero-order valence-corrected chi connectivity index (χ0v) is 16.2. The number of Topliss-reactive ketones (excluding diaryl/α,β-unsaturated/α-hetero) is 1. The Morgan fingerprint density at radius 3 is 2.39 bits per heavy atom. The lowest BCUT2D eigenvalue weighted by Crippen LogP contribution is -2.33. The molecule has 8 nitrogen and oxygen atoms in total. The molecule has 1 aliphatic heterocycles. The van der Waals surface area contributed by atoms with Gasteiger partial charge in [0.2, 0.25) is 0 Å². The number of piperidine rings is 1. The van der Waals surface area contributed by atoms with Crippen molar-refractivity contribution in [2.45, 2.75) is 17.7 Å². The van der Waals surface area contributed by atoms with Gasteiger partial charge in [-0.3, -0.25) is 19.6 Å². The van der Waals surface area contributed by atoms with Crippen LogP contribution in [0.5, 0.6) is 0 Å². The number of carbonyl (C=O) groups excluding carboxylic acids is 1. The van der Waals surface area contributed by atoms with Crippen LogP contribution in [0.4, 0.5) is 11.4 Å². The highest BCUT2D eigenvalue weighted by Crippen LogP contribution is 2.24. The molecule has 2 aromatic rings. The van der Waals surface area contributed by atoms with Crippen LogP contribution in [0.15, 0.2) is 53.4 Å². The van der Waals surface area contributed by atoms with Crippen LogP contribution in [-0.2, 0) is 10.0 Å². The molecule has 1 N–H and O–H groups in total. The monoisotopic (exact) mass is 403 g/mol. The van der Waals surface area contributed by atoms with Crippen LogP contribution >= 0.6 is 0 Å². The van der Waals surface area contributed by atoms with Gasteiger partial charge in [-0.2, -0.15) is 0 Å². The second kappa shape index (κ2) is 8.07. The van der Waals surface area contributed by atoms with Crippen LogP contribution in [-0.4, -0.2) is 44.2 Å². The molecule has 1 saturated heterocycles. The number of likely N-dealkylation sites (tertiary alicyclic amines) is 1. The number of ketones is 1. The van der Waals surface area contributed by atoms with Gasteiger partial charge in [0.15, 0.2) is 5.78 Å². The molecule has 0 bridgehead atoms. The number of non-ortho nitro benzene ring substituents is 1. The molecule has 0 aliphatic carbocycles. The van der Waals surface area contributed by atoms with E-state index in [1.165, 1.54) is 18.2 Å². The number of nitrogens with zero attached hydrogens (tertiary/aromatic N) is 2. The van der Waals surface area contributed by atoms with Crippen LogP contribution in [0.3, 0.4) is 0 Å². The minimum atomic E-state index is -3.92. The van der Waals surface area contributed by atoms with E-state index >= 15 is 0 Å². The average Bonchev–Trinajstić information content (AvgIpc) is 2.68. The van der Waals surface area contributed by atoms with Crippen LogP contribution in [0.1, 0.15) is 23.2 Å². The maximum Gasteiger partial charge on any atom is 0.269 e. The van der Waals surface area contributed by atoms with E-state index in [0.29, 0.717) is 5.56 Å². The molecule has 0 spiro atoms. The Hall–Kier alpha value is -2.78. The third kappa shape index (κ3) is 4.55. The van der Waals surface area contributed by atoms with E-state index in [-0.39, 0.29) is 28.0 Å². The van der Waals surface area contributed by atoms with Crippen molar-refractivity contribution in [1.29, 1.82) is 0 Å². The van der Waals surface area contributed by atoms with E-state index in [1.807, 2.05) is 7.05 Å². The van der Waals surface area contributed by atoms with Crippen molar-refractivity contribution >= 4 is 27.2 Å². The van der Waals surface area contributed by atoms with E-state index in [2.05, 4.69) is 9.62 Å². The molecule has 0 unspecified atom stereocenters. The van der Waals surface area contributed by atoms with Gasteiger partial charge in [0.05, 0.1) is 9.82 Å². The zero-order valence-electron chi connectivity index (χ0n) is 15.4. The number of nitro groups is 1. The van der Waals surface area contributed by atoms with Gasteiger partial charge >= 0.3 is 0 Å². The van der Waals surface area contributed by atoms with Gasteiger partial charge in [0, 0.05) is 29.3 Å². The van der Waals surface area contributed by atoms with Crippen molar-refractivity contribution < 1.29 is 18.1 Å². The summed E-state index contributed by atoms with van der Waals surface area (Å²) in [6.07, 6.45) is 1.57. The highest BCUT2D eigenvalue weighted by Gasteiger charge is 2.25. The third-order valence-corrected chi connectivity index (χ3v) is 6.24. The standard InChI is InChI=1S/C19H21N3O5S/c1-21-11-9-14(10-12-21)19(23)15-3-2-4-16(13-15)20-28(26,27)18-7-5-17(6-8-18)22(24)25/h2-8,13-14,20H,9-12H2,1H3. The topological polar surface area (TPSA) is 110 Å². The lowest BCUT2D eigenvalue weighted by molar-refractivity contribution is -0.384. The third-order valence-electron chi connectivity index (χ3n) is 4.85. The number of rotatable bonds is 6. The molecule has 0 radical (unpaired) electrons. The highest BCUT2D eigenvalue weighted by atomic mass is 32.2. The molecule has 1 fully saturated rings. The first-order valence-electron chi connectivity index (χ1n) is 8.86. The van der Waals surface area contributed by atoms with Crippen molar-refractivity contribution in [3.05, 3.63) is 64.2 Å². The summed E-state index contributed by atoms with van der Waals surface area (Å²) in [5.74, 6) is -0.0396. The Balaban J connectivity index is 1.76. The Morgan fingerprint density at radius 1 is 1.14 bits per heavy atom. The molecular formula is C19H21N3O5S. The lowest BCUT2D eigenvalue weighted by atomic mass is 9.89. The normalized spacial score (nSPS) is 15.9. The molecule has 0 atom stereocenters. The van der Waals surface area contributed by atoms with E-state index < -0.39 is 14.9 Å². The fraction of sp³-hybridized carbons (Fsp3) is 0.316. The summed E-state index contributed by atoms with van der Waals surface area (Å²) in [5, 5.41) is 10.7. The number of sulfonamides is 1. The van der Waals surface area contributed by atoms with Gasteiger partial charge < -0.3 is 4.90 Å². The van der Waals surface area contributed by atoms with E-state index in [0.717, 1.165) is 38.1 Å². The first-order valence-corrected chi connectivity index (χ1v) is 10.3. The first-order chi connectivity index (χ1) is 13.3. The molecule has 3 rings (SSSR count). The fourth-order valence-corrected chi connectivity index (χ4v) is 4.25. The Bertz CT molecular complexity index is 981. The summed E-state index contributed by atoms with van der Waals surface area (Å²) in [6.45, 7) is 1.73. The largest absolute Gasteiger partial charge is 0.306 e. The number of hydrogen-bond donors (Lipinski definition) is 1. The van der Waals surface area contributed by atoms with Crippen LogP contribution < -0.4 is 4.72 Å². The van der Waals surface area contributed by atoms with E-state index in [9.17, 15) is 23.3 Å². The fourth-order valence-electron chi connectivity index (χ4n) is 3.20. The minimum absolute atomic E-state index is 0.0180. The number of anilines is 1. The first kappa shape index (κ1) is 20.0. The summed E-state index contributed by atoms with van der Waals surface area (Å²) < 4.78 is 27.5. The van der Waals surface area contributed by atoms with Crippen LogP contribution in [0.2, 0.25) is 0 Å². The summed E-state index contributed by atoms with van der Waals surface area (Å²) in [4.78, 5) is 24.9. The summed E-state index contributed by atoms with van der Waals surface area (Å²) in [7, 11) is -1.90. The minimum Gasteiger partial charge on any atom is -0.306 e. The number of carbonyl (C=O) groups is 1. The van der Waals surface area contributed by atoms with Crippen molar-refractivity contribution in [3.8, 4) is 0 Å². The zero-order chi connectivity index (χ0) is 20.3. The molecule has 1 aliphatic rings. The maximum atomic E-state index is 12.7. The molecule has 0 amide bonds. The molecule has 9 heteroatoms. The highest BCUT2D eigenvalue weighted by molar-refractivity contribution is 7.92. The molecule has 0 saturated carbocycles. The van der Waals surface area contributed by atoms with Gasteiger partial charge in [-0.1, -0.05) is 12.1 Å². The Labute approximate surface area is 163 Å². The Kier molecular flexibility index (Phi) is 5.76. The van der Waals surface area contributed by atoms with Gasteiger partial charge in [0.1, 0.15) is 0 Å². The van der Waals surface area contributed by atoms with Crippen molar-refractivity contribution in [2.24, 2.45) is 5.92 Å². The smallest absolute Gasteiger partial charge is 0.269 e. The summed E-state index contributed by atoms with van der Waals surface area (Å²) >= 11 is 0. The summed E-state index contributed by atoms with van der Waals surface area (Å²) in [6, 6.07) is 11.0. The van der Waals surface area contributed by atoms with Crippen LogP contribution in [0.25, 0.3) is 0 Å². The molecule has 1 heterocycles. The second-order valence-corrected chi connectivity index (χ2v) is 8.56. The predicted molar refractivity (Wildman–Crippen MR) is 105 cm³/mol. The maximum absolute atomic E-state index is 12.7. The SMILES string of the molecule is CN1CCC(C(=O)c2cccc(NS(=O)(=O)c3ccc([N+](=O)[O-])cc3)c2)CC1. The van der Waals surface area contributed by atoms with Gasteiger partial charge in [-0.15, -0.1) is 0 Å². The molecule has 148 valence electrons. The molecule has 0 aromatic heterocycles. The van der Waals surface area contributed by atoms with Gasteiger partial charge in [0.25, 0.3) is 15.7 Å². The number of benzene rings is 2. The van der Waals surface area contributed by atoms with Gasteiger partial charge in [-0.05, 0) is 57.2 Å². The van der Waals surface area contributed by atoms with E-state index in [4.69, 9.17) is 0 Å². The Morgan fingerprint density at radius 2 is 1.79 bits per heavy atom. The number of hydrogen-bond acceptors (Lipinski definition) is 6. The second-order valence-electron chi connectivity index (χ2n) is 6.88. The van der Waals surface area contributed by atoms with Crippen molar-refractivity contribution in [2.75, 3.05) is 24.9 Å².